The fourth-order valence-electron chi connectivity index (χ4n) is 8.37. The number of nitrogens with one attached hydrogen (secondary N) is 2. The Balaban J connectivity index is 1.07. The molecular weight excluding hydrogens is 757 g/mol. The van der Waals surface area contributed by atoms with E-state index in [4.69, 9.17) is 9.47 Å². The molecule has 1 atom stereocenters. The van der Waals surface area contributed by atoms with Gasteiger partial charge in [-0.2, -0.15) is 0 Å². The van der Waals surface area contributed by atoms with Gasteiger partial charge in [0.1, 0.15) is 18.2 Å². The molecule has 8 rings (SSSR count). The second-order valence-corrected chi connectivity index (χ2v) is 15.6. The first-order valence-electron chi connectivity index (χ1n) is 20.7. The standard InChI is InChI=1S/C54H48N2O5/c1-37-26-30-39(31-27-37)51(40-32-28-38(2)29-33-40)61-52(58)49(55-53(59)60-36-48-46-24-14-12-22-44(46)45-23-13-15-25-47(45)48)34-35-50(57)56-54(41-16-6-3-7-17-41,42-18-8-4-9-19-42)43-20-10-5-11-21-43/h3-33,48-49,51H,34-36H2,1-2H3,(H,55,59)(H,56,57)/t49-/m0/s1. The Morgan fingerprint density at radius 2 is 0.984 bits per heavy atom. The molecule has 0 fully saturated rings. The van der Waals surface area contributed by atoms with Gasteiger partial charge in [-0.1, -0.05) is 199 Å². The highest BCUT2D eigenvalue weighted by atomic mass is 16.6. The predicted octanol–water partition coefficient (Wildman–Crippen LogP) is 10.7. The highest BCUT2D eigenvalue weighted by molar-refractivity contribution is 5.84. The first-order valence-corrected chi connectivity index (χ1v) is 20.7. The van der Waals surface area contributed by atoms with Crippen molar-refractivity contribution < 1.29 is 23.9 Å². The van der Waals surface area contributed by atoms with Crippen molar-refractivity contribution in [1.29, 1.82) is 0 Å². The number of ether oxygens (including phenoxy) is 2. The fourth-order valence-corrected chi connectivity index (χ4v) is 8.37. The van der Waals surface area contributed by atoms with Crippen LogP contribution in [0.15, 0.2) is 188 Å². The number of benzene rings is 7. The molecule has 0 radical (unpaired) electrons. The number of amides is 2. The van der Waals surface area contributed by atoms with E-state index in [0.29, 0.717) is 0 Å². The molecule has 0 saturated carbocycles. The predicted molar refractivity (Wildman–Crippen MR) is 239 cm³/mol. The van der Waals surface area contributed by atoms with Crippen molar-refractivity contribution in [1.82, 2.24) is 10.6 Å². The first-order chi connectivity index (χ1) is 29.8. The third-order valence-electron chi connectivity index (χ3n) is 11.5. The van der Waals surface area contributed by atoms with E-state index in [9.17, 15) is 14.4 Å². The number of aryl methyl sites for hydroxylation is 2. The fraction of sp³-hybridized carbons (Fsp3) is 0.167. The molecule has 7 heteroatoms. The van der Waals surface area contributed by atoms with Crippen LogP contribution in [0.1, 0.15) is 74.9 Å². The summed E-state index contributed by atoms with van der Waals surface area (Å²) in [5, 5.41) is 6.19. The SMILES string of the molecule is Cc1ccc(C(OC(=O)[C@H](CCC(=O)NC(c2ccccc2)(c2ccccc2)c2ccccc2)NC(=O)OCC2c3ccccc3-c3ccccc32)c2ccc(C)cc2)cc1. The molecule has 7 nitrogen and oxygen atoms in total. The maximum Gasteiger partial charge on any atom is 0.407 e. The quantitative estimate of drug-likeness (QED) is 0.0843. The van der Waals surface area contributed by atoms with Gasteiger partial charge in [0.05, 0.1) is 0 Å². The van der Waals surface area contributed by atoms with E-state index in [0.717, 1.165) is 61.2 Å². The van der Waals surface area contributed by atoms with Gasteiger partial charge in [-0.25, -0.2) is 9.59 Å². The summed E-state index contributed by atoms with van der Waals surface area (Å²) in [7, 11) is 0. The van der Waals surface area contributed by atoms with Gasteiger partial charge in [0, 0.05) is 12.3 Å². The zero-order valence-electron chi connectivity index (χ0n) is 34.3. The van der Waals surface area contributed by atoms with Crippen LogP contribution in [0.4, 0.5) is 4.79 Å². The Kier molecular flexibility index (Phi) is 12.2. The molecule has 0 heterocycles. The van der Waals surface area contributed by atoms with Gasteiger partial charge in [0.25, 0.3) is 0 Å². The van der Waals surface area contributed by atoms with Gasteiger partial charge in [-0.15, -0.1) is 0 Å². The molecule has 0 unspecified atom stereocenters. The second-order valence-electron chi connectivity index (χ2n) is 15.6. The topological polar surface area (TPSA) is 93.7 Å². The van der Waals surface area contributed by atoms with Gasteiger partial charge in [-0.3, -0.25) is 4.79 Å². The molecule has 304 valence electrons. The van der Waals surface area contributed by atoms with Crippen LogP contribution in [-0.4, -0.2) is 30.6 Å². The molecule has 1 aliphatic rings. The highest BCUT2D eigenvalue weighted by Gasteiger charge is 2.38. The second kappa shape index (κ2) is 18.3. The van der Waals surface area contributed by atoms with Crippen LogP contribution in [0.25, 0.3) is 11.1 Å². The molecule has 0 aliphatic heterocycles. The van der Waals surface area contributed by atoms with E-state index in [1.54, 1.807) is 0 Å². The zero-order chi connectivity index (χ0) is 42.2. The van der Waals surface area contributed by atoms with Gasteiger partial charge in [-0.05, 0) is 70.3 Å². The van der Waals surface area contributed by atoms with Crippen LogP contribution in [0.5, 0.6) is 0 Å². The van der Waals surface area contributed by atoms with Gasteiger partial charge >= 0.3 is 12.1 Å². The normalized spacial score (nSPS) is 12.5. The summed E-state index contributed by atoms with van der Waals surface area (Å²) >= 11 is 0. The summed E-state index contributed by atoms with van der Waals surface area (Å²) in [5.41, 5.74) is 9.59. The molecule has 0 spiro atoms. The van der Waals surface area contributed by atoms with Gasteiger partial charge in [0.2, 0.25) is 5.91 Å². The number of alkyl carbamates (subject to hydrolysis) is 1. The lowest BCUT2D eigenvalue weighted by Crippen LogP contribution is -2.49. The minimum Gasteiger partial charge on any atom is -0.451 e. The molecule has 0 bridgehead atoms. The Morgan fingerprint density at radius 1 is 0.557 bits per heavy atom. The number of hydrogen-bond donors (Lipinski definition) is 2. The Labute approximate surface area is 357 Å². The maximum absolute atomic E-state index is 14.5. The minimum atomic E-state index is -1.22. The Bertz CT molecular complexity index is 2410. The maximum atomic E-state index is 14.5. The van der Waals surface area contributed by atoms with Crippen molar-refractivity contribution in [2.45, 2.75) is 50.3 Å². The van der Waals surface area contributed by atoms with Crippen molar-refractivity contribution in [3.63, 3.8) is 0 Å². The van der Waals surface area contributed by atoms with Crippen LogP contribution < -0.4 is 10.6 Å². The number of hydrogen-bond acceptors (Lipinski definition) is 5. The van der Waals surface area contributed by atoms with Crippen LogP contribution in [0, 0.1) is 13.8 Å². The van der Waals surface area contributed by atoms with Crippen molar-refractivity contribution in [2.24, 2.45) is 0 Å². The largest absolute Gasteiger partial charge is 0.451 e. The minimum absolute atomic E-state index is 0.0577. The lowest BCUT2D eigenvalue weighted by atomic mass is 9.77. The van der Waals surface area contributed by atoms with Crippen molar-refractivity contribution in [3.05, 3.63) is 238 Å². The summed E-state index contributed by atoms with van der Waals surface area (Å²) < 4.78 is 12.3. The summed E-state index contributed by atoms with van der Waals surface area (Å²) in [5.74, 6) is -1.19. The molecule has 2 amide bonds. The number of carbonyl (C=O) groups is 3. The molecular formula is C54H48N2O5. The Morgan fingerprint density at radius 3 is 1.44 bits per heavy atom. The summed E-state index contributed by atoms with van der Waals surface area (Å²) in [4.78, 5) is 42.8. The van der Waals surface area contributed by atoms with Crippen LogP contribution in [-0.2, 0) is 24.6 Å². The molecule has 61 heavy (non-hydrogen) atoms. The molecule has 7 aromatic carbocycles. The molecule has 7 aromatic rings. The summed E-state index contributed by atoms with van der Waals surface area (Å²) in [6.07, 6.45) is -1.72. The third kappa shape index (κ3) is 8.87. The summed E-state index contributed by atoms with van der Waals surface area (Å²) in [6, 6.07) is 60.1. The molecule has 2 N–H and O–H groups in total. The first kappa shape index (κ1) is 40.5. The van der Waals surface area contributed by atoms with Crippen LogP contribution in [0.2, 0.25) is 0 Å². The van der Waals surface area contributed by atoms with E-state index in [-0.39, 0.29) is 31.3 Å². The van der Waals surface area contributed by atoms with Crippen LogP contribution in [0.3, 0.4) is 0 Å². The van der Waals surface area contributed by atoms with E-state index in [1.807, 2.05) is 178 Å². The van der Waals surface area contributed by atoms with Crippen molar-refractivity contribution in [3.8, 4) is 11.1 Å². The number of rotatable bonds is 14. The smallest absolute Gasteiger partial charge is 0.407 e. The van der Waals surface area contributed by atoms with E-state index < -0.39 is 29.7 Å². The van der Waals surface area contributed by atoms with Crippen molar-refractivity contribution >= 4 is 18.0 Å². The zero-order valence-corrected chi connectivity index (χ0v) is 34.3. The number of esters is 1. The molecule has 1 aliphatic carbocycles. The third-order valence-corrected chi connectivity index (χ3v) is 11.5. The number of fused-ring (bicyclic) bond motifs is 3. The lowest BCUT2D eigenvalue weighted by molar-refractivity contribution is -0.150. The average Bonchev–Trinajstić information content (AvgIpc) is 3.63. The van der Waals surface area contributed by atoms with Gasteiger partial charge < -0.3 is 20.1 Å². The van der Waals surface area contributed by atoms with E-state index >= 15 is 0 Å². The monoisotopic (exact) mass is 804 g/mol. The number of carbonyl (C=O) groups excluding carboxylic acids is 3. The molecule has 0 saturated heterocycles. The van der Waals surface area contributed by atoms with Crippen LogP contribution >= 0.6 is 0 Å². The van der Waals surface area contributed by atoms with Crippen molar-refractivity contribution in [2.75, 3.05) is 6.61 Å². The summed E-state index contributed by atoms with van der Waals surface area (Å²) in [6.45, 7) is 4.06. The van der Waals surface area contributed by atoms with E-state index in [1.165, 1.54) is 0 Å². The lowest BCUT2D eigenvalue weighted by Gasteiger charge is -2.37. The highest BCUT2D eigenvalue weighted by Crippen LogP contribution is 2.44. The molecule has 0 aromatic heterocycles. The van der Waals surface area contributed by atoms with E-state index in [2.05, 4.69) is 34.9 Å². The van der Waals surface area contributed by atoms with Gasteiger partial charge in [0.15, 0.2) is 6.10 Å². The Hall–Kier alpha value is -7.25. The average molecular weight is 805 g/mol.